The van der Waals surface area contributed by atoms with Crippen molar-refractivity contribution < 1.29 is 21.6 Å². The molecule has 8 heteroatoms. The predicted molar refractivity (Wildman–Crippen MR) is 69.7 cm³/mol. The first-order valence-electron chi connectivity index (χ1n) is 5.99. The number of hydrogen-bond acceptors (Lipinski definition) is 3. The lowest BCUT2D eigenvalue weighted by Crippen LogP contribution is -2.30. The third-order valence-electron chi connectivity index (χ3n) is 2.77. The average Bonchev–Trinajstić information content (AvgIpc) is 2.36. The third-order valence-corrected chi connectivity index (χ3v) is 4.65. The quantitative estimate of drug-likeness (QED) is 0.871. The number of sulfonamides is 1. The van der Waals surface area contributed by atoms with Gasteiger partial charge >= 0.3 is 6.18 Å². The largest absolute Gasteiger partial charge is 0.390 e. The van der Waals surface area contributed by atoms with E-state index in [2.05, 4.69) is 0 Å². The average molecular weight is 310 g/mol. The molecular weight excluding hydrogens is 293 g/mol. The van der Waals surface area contributed by atoms with Gasteiger partial charge < -0.3 is 5.73 Å². The van der Waals surface area contributed by atoms with Crippen LogP contribution in [0.15, 0.2) is 29.2 Å². The van der Waals surface area contributed by atoms with E-state index in [0.29, 0.717) is 17.3 Å². The summed E-state index contributed by atoms with van der Waals surface area (Å²) in [4.78, 5) is -0.0251. The summed E-state index contributed by atoms with van der Waals surface area (Å²) in [5.74, 6) is 0. The van der Waals surface area contributed by atoms with Crippen LogP contribution in [0.4, 0.5) is 13.2 Å². The number of rotatable bonds is 6. The van der Waals surface area contributed by atoms with Crippen LogP contribution in [0.2, 0.25) is 0 Å². The summed E-state index contributed by atoms with van der Waals surface area (Å²) in [5, 5.41) is 0. The molecule has 1 rings (SSSR count). The molecule has 0 fully saturated rings. The monoisotopic (exact) mass is 310 g/mol. The molecular formula is C12H17F3N2O2S. The minimum Gasteiger partial charge on any atom is -0.330 e. The molecule has 0 aliphatic heterocycles. The molecule has 1 aromatic rings. The molecule has 0 atom stereocenters. The second-order valence-corrected chi connectivity index (χ2v) is 6.42. The van der Waals surface area contributed by atoms with Gasteiger partial charge in [-0.05, 0) is 30.7 Å². The van der Waals surface area contributed by atoms with Gasteiger partial charge in [0, 0.05) is 13.6 Å². The van der Waals surface area contributed by atoms with Crippen LogP contribution in [-0.4, -0.2) is 39.0 Å². The smallest absolute Gasteiger partial charge is 0.330 e. The highest BCUT2D eigenvalue weighted by Gasteiger charge is 2.30. The molecule has 2 N–H and O–H groups in total. The zero-order chi connectivity index (χ0) is 15.4. The van der Waals surface area contributed by atoms with E-state index >= 15 is 0 Å². The van der Waals surface area contributed by atoms with Crippen molar-refractivity contribution in [3.63, 3.8) is 0 Å². The van der Waals surface area contributed by atoms with Crippen LogP contribution < -0.4 is 5.73 Å². The minimum atomic E-state index is -4.38. The number of benzene rings is 1. The predicted octanol–water partition coefficient (Wildman–Crippen LogP) is 1.76. The van der Waals surface area contributed by atoms with E-state index in [4.69, 9.17) is 5.73 Å². The molecule has 0 spiro atoms. The Morgan fingerprint density at radius 2 is 1.75 bits per heavy atom. The van der Waals surface area contributed by atoms with Crippen molar-refractivity contribution in [2.75, 3.05) is 20.1 Å². The lowest BCUT2D eigenvalue weighted by atomic mass is 10.2. The molecule has 0 amide bonds. The fourth-order valence-corrected chi connectivity index (χ4v) is 2.75. The number of hydrogen-bond donors (Lipinski definition) is 1. The van der Waals surface area contributed by atoms with E-state index in [0.717, 1.165) is 12.6 Å². The van der Waals surface area contributed by atoms with Gasteiger partial charge in [0.2, 0.25) is 10.0 Å². The van der Waals surface area contributed by atoms with Gasteiger partial charge in [-0.3, -0.25) is 0 Å². The van der Waals surface area contributed by atoms with Crippen molar-refractivity contribution in [3.05, 3.63) is 29.8 Å². The Morgan fingerprint density at radius 1 is 1.20 bits per heavy atom. The molecule has 4 nitrogen and oxygen atoms in total. The highest BCUT2D eigenvalue weighted by atomic mass is 32.2. The van der Waals surface area contributed by atoms with E-state index in [1.54, 1.807) is 12.1 Å². The van der Waals surface area contributed by atoms with E-state index in [9.17, 15) is 21.6 Å². The van der Waals surface area contributed by atoms with Gasteiger partial charge in [-0.1, -0.05) is 12.1 Å². The van der Waals surface area contributed by atoms with Crippen LogP contribution in [0.25, 0.3) is 0 Å². The molecule has 0 heterocycles. The van der Waals surface area contributed by atoms with Gasteiger partial charge in [0.05, 0.1) is 11.3 Å². The van der Waals surface area contributed by atoms with E-state index in [-0.39, 0.29) is 4.90 Å². The van der Waals surface area contributed by atoms with Crippen LogP contribution in [-0.2, 0) is 16.4 Å². The van der Waals surface area contributed by atoms with E-state index in [1.807, 2.05) is 0 Å². The summed E-state index contributed by atoms with van der Waals surface area (Å²) in [6, 6.07) is 5.98. The molecule has 114 valence electrons. The lowest BCUT2D eigenvalue weighted by molar-refractivity contribution is -0.135. The van der Waals surface area contributed by atoms with Crippen LogP contribution in [0, 0.1) is 0 Å². The maximum atomic E-state index is 12.1. The SMILES string of the molecule is CN(CCC(F)(F)F)S(=O)(=O)c1ccc(CCN)cc1. The molecule has 1 aromatic carbocycles. The zero-order valence-corrected chi connectivity index (χ0v) is 11.8. The number of halogens is 3. The minimum absolute atomic E-state index is 0.0251. The Hall–Kier alpha value is -1.12. The number of nitrogens with zero attached hydrogens (tertiary/aromatic N) is 1. The van der Waals surface area contributed by atoms with Crippen molar-refractivity contribution in [2.45, 2.75) is 23.9 Å². The Kier molecular flexibility index (Phi) is 5.55. The van der Waals surface area contributed by atoms with Crippen molar-refractivity contribution in [1.82, 2.24) is 4.31 Å². The number of alkyl halides is 3. The van der Waals surface area contributed by atoms with Gasteiger partial charge in [0.25, 0.3) is 0 Å². The molecule has 0 aromatic heterocycles. The van der Waals surface area contributed by atoms with E-state index in [1.165, 1.54) is 12.1 Å². The Labute approximate surface area is 116 Å². The van der Waals surface area contributed by atoms with Gasteiger partial charge in [0.1, 0.15) is 0 Å². The first-order chi connectivity index (χ1) is 9.16. The normalized spacial score (nSPS) is 12.9. The lowest BCUT2D eigenvalue weighted by Gasteiger charge is -2.18. The second-order valence-electron chi connectivity index (χ2n) is 4.37. The van der Waals surface area contributed by atoms with Crippen LogP contribution >= 0.6 is 0 Å². The zero-order valence-electron chi connectivity index (χ0n) is 11.0. The summed E-state index contributed by atoms with van der Waals surface area (Å²) >= 11 is 0. The van der Waals surface area contributed by atoms with Crippen LogP contribution in [0.5, 0.6) is 0 Å². The van der Waals surface area contributed by atoms with Crippen molar-refractivity contribution in [2.24, 2.45) is 5.73 Å². The van der Waals surface area contributed by atoms with Crippen LogP contribution in [0.3, 0.4) is 0 Å². The summed E-state index contributed by atoms with van der Waals surface area (Å²) in [6.07, 6.45) is -4.94. The summed E-state index contributed by atoms with van der Waals surface area (Å²) < 4.78 is 61.1. The molecule has 0 radical (unpaired) electrons. The van der Waals surface area contributed by atoms with Crippen molar-refractivity contribution in [1.29, 1.82) is 0 Å². The summed E-state index contributed by atoms with van der Waals surface area (Å²) in [5.41, 5.74) is 6.26. The Bertz CT molecular complexity index is 527. The molecule has 0 saturated heterocycles. The van der Waals surface area contributed by atoms with Gasteiger partial charge in [-0.25, -0.2) is 12.7 Å². The summed E-state index contributed by atoms with van der Waals surface area (Å²) in [7, 11) is -2.76. The van der Waals surface area contributed by atoms with E-state index < -0.39 is 29.2 Å². The highest BCUT2D eigenvalue weighted by Crippen LogP contribution is 2.22. The molecule has 0 unspecified atom stereocenters. The first kappa shape index (κ1) is 16.9. The van der Waals surface area contributed by atoms with Gasteiger partial charge in [-0.15, -0.1) is 0 Å². The van der Waals surface area contributed by atoms with Gasteiger partial charge in [0.15, 0.2) is 0 Å². The maximum absolute atomic E-state index is 12.1. The molecule has 20 heavy (non-hydrogen) atoms. The highest BCUT2D eigenvalue weighted by molar-refractivity contribution is 7.89. The first-order valence-corrected chi connectivity index (χ1v) is 7.43. The topological polar surface area (TPSA) is 63.4 Å². The molecule has 0 aliphatic rings. The third kappa shape index (κ3) is 4.77. The van der Waals surface area contributed by atoms with Crippen molar-refractivity contribution >= 4 is 10.0 Å². The van der Waals surface area contributed by atoms with Crippen LogP contribution in [0.1, 0.15) is 12.0 Å². The fraction of sp³-hybridized carbons (Fsp3) is 0.500. The molecule has 0 bridgehead atoms. The fourth-order valence-electron chi connectivity index (χ4n) is 1.58. The van der Waals surface area contributed by atoms with Gasteiger partial charge in [-0.2, -0.15) is 13.2 Å². The second kappa shape index (κ2) is 6.55. The van der Waals surface area contributed by atoms with Crippen molar-refractivity contribution in [3.8, 4) is 0 Å². The molecule has 0 aliphatic carbocycles. The maximum Gasteiger partial charge on any atom is 0.390 e. The summed E-state index contributed by atoms with van der Waals surface area (Å²) in [6.45, 7) is -0.159. The standard InChI is InChI=1S/C12H17F3N2O2S/c1-17(9-7-12(13,14)15)20(18,19)11-4-2-10(3-5-11)6-8-16/h2-5H,6-9,16H2,1H3. The Balaban J connectivity index is 2.81. The molecule has 0 saturated carbocycles. The number of nitrogens with two attached hydrogens (primary N) is 1. The Morgan fingerprint density at radius 3 is 2.20 bits per heavy atom.